The predicted octanol–water partition coefficient (Wildman–Crippen LogP) is 1.96. The lowest BCUT2D eigenvalue weighted by Gasteiger charge is -2.07. The van der Waals surface area contributed by atoms with Crippen LogP contribution in [-0.4, -0.2) is 24.2 Å². The lowest BCUT2D eigenvalue weighted by molar-refractivity contribution is -0.112. The molecule has 0 unspecified atom stereocenters. The van der Waals surface area contributed by atoms with E-state index in [-0.39, 0.29) is 19.1 Å². The summed E-state index contributed by atoms with van der Waals surface area (Å²) in [5.74, 6) is 0.552. The Bertz CT molecular complexity index is 396. The van der Waals surface area contributed by atoms with Crippen molar-refractivity contribution in [3.63, 3.8) is 0 Å². The number of ether oxygens (including phenoxy) is 1. The highest BCUT2D eigenvalue weighted by Gasteiger charge is 2.03. The molecule has 0 fully saturated rings. The number of benzene rings is 1. The van der Waals surface area contributed by atoms with Crippen molar-refractivity contribution >= 4 is 11.6 Å². The van der Waals surface area contributed by atoms with Gasteiger partial charge in [-0.3, -0.25) is 4.79 Å². The van der Waals surface area contributed by atoms with Crippen molar-refractivity contribution in [3.8, 4) is 5.75 Å². The third-order valence-electron chi connectivity index (χ3n) is 2.26. The van der Waals surface area contributed by atoms with E-state index < -0.39 is 0 Å². The average Bonchev–Trinajstić information content (AvgIpc) is 2.37. The van der Waals surface area contributed by atoms with Gasteiger partial charge in [0.1, 0.15) is 12.4 Å². The van der Waals surface area contributed by atoms with E-state index in [1.165, 1.54) is 0 Å². The Balaban J connectivity index is 2.59. The third-order valence-corrected chi connectivity index (χ3v) is 2.26. The molecule has 0 aliphatic rings. The minimum Gasteiger partial charge on any atom is -0.491 e. The summed E-state index contributed by atoms with van der Waals surface area (Å²) in [5, 5.41) is 11.4. The maximum Gasteiger partial charge on any atom is 0.250 e. The van der Waals surface area contributed by atoms with Gasteiger partial charge in [-0.1, -0.05) is 6.08 Å². The molecule has 4 heteroatoms. The van der Waals surface area contributed by atoms with Crippen molar-refractivity contribution in [2.24, 2.45) is 0 Å². The van der Waals surface area contributed by atoms with Crippen molar-refractivity contribution in [2.45, 2.75) is 13.8 Å². The molecule has 0 bridgehead atoms. The van der Waals surface area contributed by atoms with Crippen molar-refractivity contribution in [1.82, 2.24) is 0 Å². The first-order valence-corrected chi connectivity index (χ1v) is 5.45. The van der Waals surface area contributed by atoms with E-state index in [9.17, 15) is 4.79 Å². The number of carbonyl (C=O) groups is 1. The molecule has 0 aromatic heterocycles. The second-order valence-electron chi connectivity index (χ2n) is 3.52. The van der Waals surface area contributed by atoms with E-state index in [2.05, 4.69) is 5.32 Å². The van der Waals surface area contributed by atoms with Crippen LogP contribution in [0.25, 0.3) is 0 Å². The first-order chi connectivity index (χ1) is 8.17. The standard InChI is InChI=1S/C13H17NO3/c1-3-10(2)13(16)14-11-4-6-12(7-5-11)17-9-8-15/h3-7,15H,8-9H2,1-2H3,(H,14,16)/b10-3-. The second-order valence-corrected chi connectivity index (χ2v) is 3.52. The van der Waals surface area contributed by atoms with Crippen LogP contribution in [0.4, 0.5) is 5.69 Å². The van der Waals surface area contributed by atoms with Crippen molar-refractivity contribution in [2.75, 3.05) is 18.5 Å². The van der Waals surface area contributed by atoms with Gasteiger partial charge in [-0.25, -0.2) is 0 Å². The van der Waals surface area contributed by atoms with Crippen LogP contribution in [0.5, 0.6) is 5.75 Å². The molecule has 17 heavy (non-hydrogen) atoms. The number of aliphatic hydroxyl groups is 1. The van der Waals surface area contributed by atoms with Gasteiger partial charge in [0.05, 0.1) is 6.61 Å². The molecule has 92 valence electrons. The average molecular weight is 235 g/mol. The Hall–Kier alpha value is -1.81. The van der Waals surface area contributed by atoms with E-state index in [4.69, 9.17) is 9.84 Å². The number of hydrogen-bond acceptors (Lipinski definition) is 3. The maximum atomic E-state index is 11.6. The summed E-state index contributed by atoms with van der Waals surface area (Å²) >= 11 is 0. The summed E-state index contributed by atoms with van der Waals surface area (Å²) in [5.41, 5.74) is 1.39. The lowest BCUT2D eigenvalue weighted by Crippen LogP contribution is -2.12. The van der Waals surface area contributed by atoms with Gasteiger partial charge in [0.15, 0.2) is 0 Å². The highest BCUT2D eigenvalue weighted by molar-refractivity contribution is 6.03. The molecular formula is C13H17NO3. The van der Waals surface area contributed by atoms with Gasteiger partial charge in [-0.05, 0) is 38.1 Å². The zero-order chi connectivity index (χ0) is 12.7. The monoisotopic (exact) mass is 235 g/mol. The third kappa shape index (κ3) is 4.28. The van der Waals surface area contributed by atoms with Crippen LogP contribution in [0.3, 0.4) is 0 Å². The topological polar surface area (TPSA) is 58.6 Å². The van der Waals surface area contributed by atoms with Crippen LogP contribution in [0.1, 0.15) is 13.8 Å². The van der Waals surface area contributed by atoms with E-state index in [0.29, 0.717) is 17.0 Å². The fourth-order valence-electron chi connectivity index (χ4n) is 1.16. The first kappa shape index (κ1) is 13.3. The van der Waals surface area contributed by atoms with Crippen LogP contribution in [0.15, 0.2) is 35.9 Å². The number of carbonyl (C=O) groups excluding carboxylic acids is 1. The molecule has 0 heterocycles. The van der Waals surface area contributed by atoms with Gasteiger partial charge in [-0.2, -0.15) is 0 Å². The predicted molar refractivity (Wildman–Crippen MR) is 67.1 cm³/mol. The molecular weight excluding hydrogens is 218 g/mol. The van der Waals surface area contributed by atoms with Crippen molar-refractivity contribution in [3.05, 3.63) is 35.9 Å². The summed E-state index contributed by atoms with van der Waals surface area (Å²) in [7, 11) is 0. The number of rotatable bonds is 5. The summed E-state index contributed by atoms with van der Waals surface area (Å²) in [4.78, 5) is 11.6. The molecule has 0 aliphatic heterocycles. The Kier molecular flexibility index (Phi) is 5.23. The molecule has 2 N–H and O–H groups in total. The summed E-state index contributed by atoms with van der Waals surface area (Å²) in [6.07, 6.45) is 1.76. The molecule has 0 saturated carbocycles. The molecule has 4 nitrogen and oxygen atoms in total. The van der Waals surface area contributed by atoms with E-state index in [1.54, 1.807) is 37.3 Å². The molecule has 1 amide bonds. The number of hydrogen-bond donors (Lipinski definition) is 2. The highest BCUT2D eigenvalue weighted by atomic mass is 16.5. The first-order valence-electron chi connectivity index (χ1n) is 5.45. The van der Waals surface area contributed by atoms with Crippen LogP contribution >= 0.6 is 0 Å². The Labute approximate surface area is 101 Å². The zero-order valence-electron chi connectivity index (χ0n) is 10.1. The molecule has 1 rings (SSSR count). The number of allylic oxidation sites excluding steroid dienone is 1. The van der Waals surface area contributed by atoms with Crippen LogP contribution in [0, 0.1) is 0 Å². The fourth-order valence-corrected chi connectivity index (χ4v) is 1.16. The molecule has 0 spiro atoms. The number of aliphatic hydroxyl groups excluding tert-OH is 1. The minimum atomic E-state index is -0.114. The highest BCUT2D eigenvalue weighted by Crippen LogP contribution is 2.16. The Morgan fingerprint density at radius 1 is 1.41 bits per heavy atom. The van der Waals surface area contributed by atoms with Gasteiger partial charge < -0.3 is 15.2 Å². The van der Waals surface area contributed by atoms with Crippen LogP contribution < -0.4 is 10.1 Å². The van der Waals surface area contributed by atoms with Gasteiger partial charge >= 0.3 is 0 Å². The van der Waals surface area contributed by atoms with Gasteiger partial charge in [0.2, 0.25) is 0 Å². The molecule has 0 atom stereocenters. The largest absolute Gasteiger partial charge is 0.491 e. The van der Waals surface area contributed by atoms with Crippen LogP contribution in [0.2, 0.25) is 0 Å². The molecule has 0 radical (unpaired) electrons. The van der Waals surface area contributed by atoms with Gasteiger partial charge in [0, 0.05) is 11.3 Å². The van der Waals surface area contributed by atoms with Gasteiger partial charge in [-0.15, -0.1) is 0 Å². The second kappa shape index (κ2) is 6.70. The Morgan fingerprint density at radius 2 is 2.06 bits per heavy atom. The molecule has 0 aliphatic carbocycles. The number of nitrogens with one attached hydrogen (secondary N) is 1. The summed E-state index contributed by atoms with van der Waals surface area (Å²) < 4.78 is 5.21. The number of anilines is 1. The smallest absolute Gasteiger partial charge is 0.250 e. The van der Waals surface area contributed by atoms with E-state index in [1.807, 2.05) is 6.92 Å². The minimum absolute atomic E-state index is 0.0149. The van der Waals surface area contributed by atoms with E-state index >= 15 is 0 Å². The normalized spacial score (nSPS) is 11.1. The summed E-state index contributed by atoms with van der Waals surface area (Å²) in [6, 6.07) is 7.01. The number of amides is 1. The summed E-state index contributed by atoms with van der Waals surface area (Å²) in [6.45, 7) is 3.83. The van der Waals surface area contributed by atoms with Gasteiger partial charge in [0.25, 0.3) is 5.91 Å². The fraction of sp³-hybridized carbons (Fsp3) is 0.308. The lowest BCUT2D eigenvalue weighted by atomic mass is 10.2. The van der Waals surface area contributed by atoms with Crippen molar-refractivity contribution in [1.29, 1.82) is 0 Å². The quantitative estimate of drug-likeness (QED) is 0.767. The molecule has 0 saturated heterocycles. The SMILES string of the molecule is C/C=C(/C)C(=O)Nc1ccc(OCCO)cc1. The molecule has 1 aromatic rings. The maximum absolute atomic E-state index is 11.6. The van der Waals surface area contributed by atoms with E-state index in [0.717, 1.165) is 0 Å². The molecule has 1 aromatic carbocycles. The zero-order valence-corrected chi connectivity index (χ0v) is 10.1. The van der Waals surface area contributed by atoms with Crippen LogP contribution in [-0.2, 0) is 4.79 Å². The Morgan fingerprint density at radius 3 is 2.59 bits per heavy atom. The van der Waals surface area contributed by atoms with Crippen molar-refractivity contribution < 1.29 is 14.6 Å².